The van der Waals surface area contributed by atoms with Gasteiger partial charge in [-0.25, -0.2) is 0 Å². The number of carbonyl (C=O) groups is 2. The Hall–Kier alpha value is -2.54. The van der Waals surface area contributed by atoms with E-state index >= 15 is 0 Å². The van der Waals surface area contributed by atoms with Crippen molar-refractivity contribution in [1.82, 2.24) is 5.32 Å². The second-order valence-electron chi connectivity index (χ2n) is 6.31. The largest absolute Gasteiger partial charge is 0.322 e. The van der Waals surface area contributed by atoms with E-state index in [1.54, 1.807) is 20.0 Å². The highest BCUT2D eigenvalue weighted by Crippen LogP contribution is 2.39. The van der Waals surface area contributed by atoms with E-state index in [1.807, 2.05) is 48.5 Å². The summed E-state index contributed by atoms with van der Waals surface area (Å²) in [4.78, 5) is 27.4. The van der Waals surface area contributed by atoms with Crippen LogP contribution in [0, 0.1) is 0 Å². The highest BCUT2D eigenvalue weighted by Gasteiger charge is 2.49. The molecule has 3 rings (SSSR count). The topological polar surface area (TPSA) is 101 Å². The first-order valence-corrected chi connectivity index (χ1v) is 8.15. The Kier molecular flexibility index (Phi) is 4.43. The molecule has 2 aromatic carbocycles. The molecular formula is C19H22N4O2. The van der Waals surface area contributed by atoms with Gasteiger partial charge in [-0.2, -0.15) is 0 Å². The molecule has 6 heteroatoms. The first-order valence-electron chi connectivity index (χ1n) is 8.15. The molecule has 0 spiro atoms. The Morgan fingerprint density at radius 2 is 1.76 bits per heavy atom. The van der Waals surface area contributed by atoms with Gasteiger partial charge in [-0.1, -0.05) is 48.5 Å². The molecule has 0 radical (unpaired) electrons. The van der Waals surface area contributed by atoms with Crippen LogP contribution >= 0.6 is 0 Å². The van der Waals surface area contributed by atoms with Crippen LogP contribution in [0.2, 0.25) is 0 Å². The van der Waals surface area contributed by atoms with Gasteiger partial charge in [0.1, 0.15) is 11.7 Å². The number of amides is 1. The molecule has 2 aromatic rings. The third-order valence-electron chi connectivity index (χ3n) is 4.63. The van der Waals surface area contributed by atoms with E-state index in [0.29, 0.717) is 16.8 Å². The van der Waals surface area contributed by atoms with E-state index in [0.717, 1.165) is 0 Å². The molecule has 0 saturated heterocycles. The van der Waals surface area contributed by atoms with Crippen molar-refractivity contribution in [1.29, 1.82) is 0 Å². The first kappa shape index (κ1) is 17.3. The average molecular weight is 338 g/mol. The monoisotopic (exact) mass is 338 g/mol. The molecule has 1 heterocycles. The summed E-state index contributed by atoms with van der Waals surface area (Å²) < 4.78 is 0. The average Bonchev–Trinajstić information content (AvgIpc) is 2.72. The normalized spacial score (nSPS) is 24.4. The van der Waals surface area contributed by atoms with Crippen LogP contribution in [-0.2, 0) is 15.1 Å². The van der Waals surface area contributed by atoms with Gasteiger partial charge in [0.2, 0.25) is 0 Å². The van der Waals surface area contributed by atoms with Crippen LogP contribution in [0.4, 0.5) is 5.69 Å². The van der Waals surface area contributed by atoms with Gasteiger partial charge in [-0.3, -0.25) is 14.9 Å². The number of nitrogens with one attached hydrogen (secondary N) is 1. The summed E-state index contributed by atoms with van der Waals surface area (Å²) in [5.41, 5.74) is 12.8. The van der Waals surface area contributed by atoms with Crippen LogP contribution in [0.25, 0.3) is 0 Å². The van der Waals surface area contributed by atoms with Gasteiger partial charge in [0.15, 0.2) is 5.78 Å². The highest BCUT2D eigenvalue weighted by molar-refractivity contribution is 6.04. The minimum absolute atomic E-state index is 0.246. The van der Waals surface area contributed by atoms with E-state index < -0.39 is 17.7 Å². The predicted molar refractivity (Wildman–Crippen MR) is 96.8 cm³/mol. The van der Waals surface area contributed by atoms with Crippen molar-refractivity contribution >= 4 is 17.4 Å². The molecule has 1 unspecified atom stereocenters. The van der Waals surface area contributed by atoms with Crippen molar-refractivity contribution in [3.63, 3.8) is 0 Å². The summed E-state index contributed by atoms with van der Waals surface area (Å²) in [5.74, 6) is -0.563. The van der Waals surface area contributed by atoms with Gasteiger partial charge in [-0.15, -0.1) is 0 Å². The van der Waals surface area contributed by atoms with Crippen molar-refractivity contribution < 1.29 is 9.59 Å². The van der Waals surface area contributed by atoms with E-state index in [9.17, 15) is 9.59 Å². The van der Waals surface area contributed by atoms with Crippen molar-refractivity contribution in [3.8, 4) is 0 Å². The summed E-state index contributed by atoms with van der Waals surface area (Å²) in [6.07, 6.45) is -1.04. The van der Waals surface area contributed by atoms with Gasteiger partial charge in [0.05, 0.1) is 6.04 Å². The molecule has 0 aromatic heterocycles. The maximum absolute atomic E-state index is 13.3. The van der Waals surface area contributed by atoms with Crippen LogP contribution in [0.5, 0.6) is 0 Å². The Bertz CT molecular complexity index is 806. The fourth-order valence-corrected chi connectivity index (χ4v) is 3.40. The summed E-state index contributed by atoms with van der Waals surface area (Å²) in [6, 6.07) is 15.8. The van der Waals surface area contributed by atoms with E-state index in [-0.39, 0.29) is 11.7 Å². The second-order valence-corrected chi connectivity index (χ2v) is 6.31. The number of para-hydroxylation sites is 1. The van der Waals surface area contributed by atoms with Crippen molar-refractivity contribution in [3.05, 3.63) is 65.7 Å². The van der Waals surface area contributed by atoms with Gasteiger partial charge in [-0.05, 0) is 18.6 Å². The SMILES string of the molecule is C[C@H](N)C(=O)[C@@]1(c2ccccc2)NC(N)C(=O)N(C)c2ccccc21. The summed E-state index contributed by atoms with van der Waals surface area (Å²) >= 11 is 0. The number of hydrogen-bond donors (Lipinski definition) is 3. The number of Topliss-reactive ketones (excluding diaryl/α,β-unsaturated/α-hetero) is 1. The molecule has 130 valence electrons. The zero-order valence-electron chi connectivity index (χ0n) is 14.3. The highest BCUT2D eigenvalue weighted by atomic mass is 16.2. The molecule has 1 amide bonds. The molecule has 0 bridgehead atoms. The molecule has 25 heavy (non-hydrogen) atoms. The Morgan fingerprint density at radius 3 is 2.40 bits per heavy atom. The summed E-state index contributed by atoms with van der Waals surface area (Å²) in [7, 11) is 1.65. The number of nitrogens with zero attached hydrogens (tertiary/aromatic N) is 1. The number of ketones is 1. The van der Waals surface area contributed by atoms with E-state index in [2.05, 4.69) is 5.32 Å². The molecular weight excluding hydrogens is 316 g/mol. The Balaban J connectivity index is 2.38. The van der Waals surface area contributed by atoms with Crippen LogP contribution in [0.3, 0.4) is 0 Å². The molecule has 6 nitrogen and oxygen atoms in total. The van der Waals surface area contributed by atoms with Crippen LogP contribution < -0.4 is 21.7 Å². The van der Waals surface area contributed by atoms with E-state index in [1.165, 1.54) is 4.90 Å². The van der Waals surface area contributed by atoms with Crippen molar-refractivity contribution in [2.45, 2.75) is 24.7 Å². The van der Waals surface area contributed by atoms with Gasteiger partial charge >= 0.3 is 0 Å². The zero-order valence-corrected chi connectivity index (χ0v) is 14.3. The third-order valence-corrected chi connectivity index (χ3v) is 4.63. The number of likely N-dealkylation sites (N-methyl/N-ethyl adjacent to an activating group) is 1. The quantitative estimate of drug-likeness (QED) is 0.765. The lowest BCUT2D eigenvalue weighted by atomic mass is 9.76. The minimum Gasteiger partial charge on any atom is -0.322 e. The zero-order chi connectivity index (χ0) is 18.2. The molecule has 1 aliphatic rings. The number of benzene rings is 2. The molecule has 0 saturated carbocycles. The van der Waals surface area contributed by atoms with Crippen LogP contribution in [0.15, 0.2) is 54.6 Å². The predicted octanol–water partition coefficient (Wildman–Crippen LogP) is 0.697. The summed E-state index contributed by atoms with van der Waals surface area (Å²) in [6.45, 7) is 1.64. The van der Waals surface area contributed by atoms with Gasteiger partial charge in [0.25, 0.3) is 5.91 Å². The maximum atomic E-state index is 13.3. The van der Waals surface area contributed by atoms with Crippen molar-refractivity contribution in [2.75, 3.05) is 11.9 Å². The second kappa shape index (κ2) is 6.40. The Morgan fingerprint density at radius 1 is 1.16 bits per heavy atom. The Labute approximate surface area is 146 Å². The first-order chi connectivity index (χ1) is 11.9. The lowest BCUT2D eigenvalue weighted by Gasteiger charge is -2.36. The number of fused-ring (bicyclic) bond motifs is 1. The molecule has 0 fully saturated rings. The minimum atomic E-state index is -1.30. The number of rotatable bonds is 3. The van der Waals surface area contributed by atoms with Gasteiger partial charge < -0.3 is 16.4 Å². The lowest BCUT2D eigenvalue weighted by Crippen LogP contribution is -2.61. The van der Waals surface area contributed by atoms with Crippen molar-refractivity contribution in [2.24, 2.45) is 11.5 Å². The molecule has 3 atom stereocenters. The number of nitrogens with two attached hydrogens (primary N) is 2. The van der Waals surface area contributed by atoms with Crippen LogP contribution in [0.1, 0.15) is 18.1 Å². The maximum Gasteiger partial charge on any atom is 0.258 e. The number of carbonyl (C=O) groups excluding carboxylic acids is 2. The lowest BCUT2D eigenvalue weighted by molar-refractivity contribution is -0.126. The molecule has 0 aliphatic carbocycles. The molecule has 5 N–H and O–H groups in total. The fraction of sp³-hybridized carbons (Fsp3) is 0.263. The fourth-order valence-electron chi connectivity index (χ4n) is 3.40. The number of hydrogen-bond acceptors (Lipinski definition) is 5. The standard InChI is InChI=1S/C19H22N4O2/c1-12(20)16(24)19(13-8-4-3-5-9-13)14-10-6-7-11-15(14)23(2)18(25)17(21)22-19/h3-12,17,22H,20-21H2,1-2H3/t12-,17?,19-/m0/s1. The van der Waals surface area contributed by atoms with E-state index in [4.69, 9.17) is 11.5 Å². The van der Waals surface area contributed by atoms with Crippen LogP contribution in [-0.4, -0.2) is 30.9 Å². The summed E-state index contributed by atoms with van der Waals surface area (Å²) in [5, 5.41) is 3.08. The van der Waals surface area contributed by atoms with Gasteiger partial charge in [0, 0.05) is 18.3 Å². The number of anilines is 1. The third kappa shape index (κ3) is 2.64. The smallest absolute Gasteiger partial charge is 0.258 e. The molecule has 1 aliphatic heterocycles.